The summed E-state index contributed by atoms with van der Waals surface area (Å²) in [7, 11) is 0. The standard InChI is InChI=1S/C32H31FN6O4/c33-25-12-21(14-34)4-5-23(25)17-43-30-3-1-2-28(36-30)38-10-9-32(20-38)18-37(19-32)16-29-35-26-7-6-22(31(40)41)13-27(26)39(29)15-24-8-11-42-24/h1-7,12-13,24H,8-11,15-20H2,(H,40,41)/t24-/m0/s1. The normalized spacial score (nSPS) is 19.3. The number of anilines is 1. The van der Waals surface area contributed by atoms with Crippen molar-refractivity contribution in [3.8, 4) is 11.9 Å². The minimum atomic E-state index is -0.946. The number of benzene rings is 2. The number of carboxylic acids is 1. The molecule has 0 unspecified atom stereocenters. The average Bonchev–Trinajstić information content (AvgIpc) is 3.56. The molecule has 0 amide bonds. The molecule has 3 aliphatic rings. The highest BCUT2D eigenvalue weighted by Gasteiger charge is 2.48. The van der Waals surface area contributed by atoms with Gasteiger partial charge in [-0.05, 0) is 49.2 Å². The largest absolute Gasteiger partial charge is 0.478 e. The topological polar surface area (TPSA) is 117 Å². The molecule has 0 saturated carbocycles. The maximum Gasteiger partial charge on any atom is 0.335 e. The zero-order valence-corrected chi connectivity index (χ0v) is 23.6. The van der Waals surface area contributed by atoms with Crippen LogP contribution in [-0.4, -0.2) is 69.4 Å². The van der Waals surface area contributed by atoms with Crippen LogP contribution in [0, 0.1) is 22.6 Å². The second-order valence-electron chi connectivity index (χ2n) is 11.8. The Bertz CT molecular complexity index is 1740. The van der Waals surface area contributed by atoms with Crippen molar-refractivity contribution in [2.24, 2.45) is 5.41 Å². The Morgan fingerprint density at radius 2 is 2.02 bits per heavy atom. The number of carbonyl (C=O) groups is 1. The minimum absolute atomic E-state index is 0.0299. The van der Waals surface area contributed by atoms with Crippen LogP contribution in [0.25, 0.3) is 11.0 Å². The van der Waals surface area contributed by atoms with E-state index in [0.717, 1.165) is 68.3 Å². The first-order valence-electron chi connectivity index (χ1n) is 14.5. The van der Waals surface area contributed by atoms with E-state index in [9.17, 15) is 14.3 Å². The van der Waals surface area contributed by atoms with Crippen molar-refractivity contribution in [2.45, 2.75) is 38.6 Å². The summed E-state index contributed by atoms with van der Waals surface area (Å²) in [6.45, 7) is 5.83. The van der Waals surface area contributed by atoms with Gasteiger partial charge in [0.2, 0.25) is 5.88 Å². The Morgan fingerprint density at radius 1 is 1.16 bits per heavy atom. The van der Waals surface area contributed by atoms with Gasteiger partial charge in [0.05, 0.1) is 47.4 Å². The number of imidazole rings is 1. The van der Waals surface area contributed by atoms with Crippen molar-refractivity contribution >= 4 is 22.8 Å². The third-order valence-corrected chi connectivity index (χ3v) is 8.77. The number of carboxylic acid groups (broad SMARTS) is 1. The van der Waals surface area contributed by atoms with Gasteiger partial charge in [0.15, 0.2) is 0 Å². The number of likely N-dealkylation sites (tertiary alicyclic amines) is 1. The van der Waals surface area contributed by atoms with Crippen LogP contribution in [0.2, 0.25) is 0 Å². The molecule has 220 valence electrons. The molecule has 3 fully saturated rings. The van der Waals surface area contributed by atoms with E-state index < -0.39 is 11.8 Å². The molecule has 1 atom stereocenters. The van der Waals surface area contributed by atoms with Gasteiger partial charge in [0.1, 0.15) is 24.1 Å². The van der Waals surface area contributed by atoms with Crippen LogP contribution >= 0.6 is 0 Å². The summed E-state index contributed by atoms with van der Waals surface area (Å²) in [5.41, 5.74) is 2.72. The smallest absolute Gasteiger partial charge is 0.335 e. The molecule has 1 spiro atoms. The lowest BCUT2D eigenvalue weighted by Crippen LogP contribution is -2.57. The van der Waals surface area contributed by atoms with Gasteiger partial charge < -0.3 is 24.0 Å². The van der Waals surface area contributed by atoms with Crippen LogP contribution in [0.4, 0.5) is 10.2 Å². The van der Waals surface area contributed by atoms with Gasteiger partial charge in [-0.1, -0.05) is 12.1 Å². The number of aromatic nitrogens is 3. The third-order valence-electron chi connectivity index (χ3n) is 8.77. The highest BCUT2D eigenvalue weighted by atomic mass is 19.1. The highest BCUT2D eigenvalue weighted by Crippen LogP contribution is 2.41. The zero-order valence-electron chi connectivity index (χ0n) is 23.6. The zero-order chi connectivity index (χ0) is 29.6. The molecule has 2 aromatic carbocycles. The molecule has 3 aliphatic heterocycles. The van der Waals surface area contributed by atoms with Crippen LogP contribution in [-0.2, 0) is 24.4 Å². The van der Waals surface area contributed by atoms with E-state index in [-0.39, 0.29) is 29.3 Å². The summed E-state index contributed by atoms with van der Waals surface area (Å²) in [5.74, 6) is 0.784. The second kappa shape index (κ2) is 10.9. The number of nitriles is 1. The van der Waals surface area contributed by atoms with Crippen LogP contribution in [0.3, 0.4) is 0 Å². The lowest BCUT2D eigenvalue weighted by atomic mass is 9.79. The van der Waals surface area contributed by atoms with Crippen molar-refractivity contribution in [3.63, 3.8) is 0 Å². The number of hydrogen-bond acceptors (Lipinski definition) is 8. The fourth-order valence-corrected chi connectivity index (χ4v) is 6.41. The van der Waals surface area contributed by atoms with Gasteiger partial charge in [0, 0.05) is 49.8 Å². The average molecular weight is 583 g/mol. The van der Waals surface area contributed by atoms with Crippen molar-refractivity contribution < 1.29 is 23.8 Å². The molecule has 5 heterocycles. The molecule has 0 aliphatic carbocycles. The van der Waals surface area contributed by atoms with E-state index in [4.69, 9.17) is 19.7 Å². The van der Waals surface area contributed by atoms with Crippen LogP contribution in [0.1, 0.15) is 40.2 Å². The summed E-state index contributed by atoms with van der Waals surface area (Å²) < 4.78 is 27.9. The summed E-state index contributed by atoms with van der Waals surface area (Å²) in [6, 6.07) is 17.0. The van der Waals surface area contributed by atoms with Gasteiger partial charge in [-0.15, -0.1) is 0 Å². The van der Waals surface area contributed by atoms with E-state index in [0.29, 0.717) is 24.5 Å². The van der Waals surface area contributed by atoms with Crippen LogP contribution < -0.4 is 9.64 Å². The summed E-state index contributed by atoms with van der Waals surface area (Å²) in [6.07, 6.45) is 2.18. The fraction of sp³-hybridized carbons (Fsp3) is 0.375. The molecule has 0 bridgehead atoms. The number of nitrogens with zero attached hydrogens (tertiary/aromatic N) is 6. The molecule has 10 nitrogen and oxygen atoms in total. The number of fused-ring (bicyclic) bond motifs is 1. The van der Waals surface area contributed by atoms with Crippen LogP contribution in [0.5, 0.6) is 5.88 Å². The number of hydrogen-bond donors (Lipinski definition) is 1. The number of ether oxygens (including phenoxy) is 2. The van der Waals surface area contributed by atoms with Gasteiger partial charge in [-0.3, -0.25) is 4.90 Å². The molecular weight excluding hydrogens is 551 g/mol. The Hall–Kier alpha value is -4.53. The lowest BCUT2D eigenvalue weighted by Gasteiger charge is -2.48. The number of pyridine rings is 1. The van der Waals surface area contributed by atoms with Crippen molar-refractivity contribution in [3.05, 3.63) is 82.9 Å². The molecule has 0 radical (unpaired) electrons. The molecule has 7 rings (SSSR count). The maximum absolute atomic E-state index is 14.3. The third kappa shape index (κ3) is 5.40. The van der Waals surface area contributed by atoms with Crippen molar-refractivity contribution in [2.75, 3.05) is 37.7 Å². The molecule has 4 aromatic rings. The molecule has 1 N–H and O–H groups in total. The fourth-order valence-electron chi connectivity index (χ4n) is 6.41. The molecule has 2 aromatic heterocycles. The summed E-state index contributed by atoms with van der Waals surface area (Å²) >= 11 is 0. The quantitative estimate of drug-likeness (QED) is 0.310. The molecule has 11 heteroatoms. The van der Waals surface area contributed by atoms with E-state index >= 15 is 0 Å². The summed E-state index contributed by atoms with van der Waals surface area (Å²) in [4.78, 5) is 25.9. The van der Waals surface area contributed by atoms with Gasteiger partial charge >= 0.3 is 5.97 Å². The second-order valence-corrected chi connectivity index (χ2v) is 11.8. The minimum Gasteiger partial charge on any atom is -0.478 e. The molecular formula is C32H31FN6O4. The highest BCUT2D eigenvalue weighted by molar-refractivity contribution is 5.92. The molecule has 43 heavy (non-hydrogen) atoms. The first-order chi connectivity index (χ1) is 20.9. The van der Waals surface area contributed by atoms with E-state index in [1.54, 1.807) is 36.4 Å². The Morgan fingerprint density at radius 3 is 2.77 bits per heavy atom. The number of aromatic carboxylic acids is 1. The van der Waals surface area contributed by atoms with E-state index in [1.165, 1.54) is 6.07 Å². The first kappa shape index (κ1) is 27.3. The van der Waals surface area contributed by atoms with Crippen LogP contribution in [0.15, 0.2) is 54.6 Å². The van der Waals surface area contributed by atoms with Gasteiger partial charge in [-0.2, -0.15) is 10.2 Å². The SMILES string of the molecule is N#Cc1ccc(COc2cccc(N3CCC4(CN(Cc5nc6ccc(C(=O)O)cc6n5C[C@@H]5CCO5)C4)C3)n2)c(F)c1. The number of halogens is 1. The monoisotopic (exact) mass is 582 g/mol. The van der Waals surface area contributed by atoms with E-state index in [2.05, 4.69) is 19.4 Å². The predicted octanol–water partition coefficient (Wildman–Crippen LogP) is 4.22. The first-order valence-corrected chi connectivity index (χ1v) is 14.5. The summed E-state index contributed by atoms with van der Waals surface area (Å²) in [5, 5.41) is 18.5. The Kier molecular flexibility index (Phi) is 6.95. The van der Waals surface area contributed by atoms with Crippen molar-refractivity contribution in [1.29, 1.82) is 5.26 Å². The van der Waals surface area contributed by atoms with Gasteiger partial charge in [0.25, 0.3) is 0 Å². The lowest BCUT2D eigenvalue weighted by molar-refractivity contribution is -0.0597. The Balaban J connectivity index is 0.993. The Labute approximate surface area is 247 Å². The van der Waals surface area contributed by atoms with E-state index in [1.807, 2.05) is 18.2 Å². The predicted molar refractivity (Wildman–Crippen MR) is 155 cm³/mol. The number of rotatable bonds is 9. The van der Waals surface area contributed by atoms with Crippen molar-refractivity contribution in [1.82, 2.24) is 19.4 Å². The molecule has 3 saturated heterocycles. The maximum atomic E-state index is 14.3. The van der Waals surface area contributed by atoms with Gasteiger partial charge in [-0.25, -0.2) is 14.2 Å².